The number of benzene rings is 1. The van der Waals surface area contributed by atoms with E-state index < -0.39 is 17.8 Å². The first-order valence-corrected chi connectivity index (χ1v) is 8.05. The number of carbonyl (C=O) groups excluding carboxylic acids is 1. The molecule has 1 aromatic heterocycles. The van der Waals surface area contributed by atoms with Gasteiger partial charge in [-0.05, 0) is 31.5 Å². The van der Waals surface area contributed by atoms with Crippen LogP contribution in [0.4, 0.5) is 23.7 Å². The predicted octanol–water partition coefficient (Wildman–Crippen LogP) is 4.32. The van der Waals surface area contributed by atoms with Crippen molar-refractivity contribution in [2.75, 3.05) is 19.0 Å². The van der Waals surface area contributed by atoms with Crippen LogP contribution in [-0.4, -0.2) is 29.7 Å². The summed E-state index contributed by atoms with van der Waals surface area (Å²) < 4.78 is 49.5. The molecule has 0 bridgehead atoms. The number of urea groups is 1. The Hall–Kier alpha value is -2.71. The monoisotopic (exact) mass is 371 g/mol. The lowest BCUT2D eigenvalue weighted by molar-refractivity contribution is -0.138. The van der Waals surface area contributed by atoms with E-state index in [4.69, 9.17) is 9.26 Å². The molecule has 0 aliphatic carbocycles. The van der Waals surface area contributed by atoms with Gasteiger partial charge in [0.15, 0.2) is 5.76 Å². The number of nitrogens with zero attached hydrogens (tertiary/aromatic N) is 2. The van der Waals surface area contributed by atoms with Gasteiger partial charge in [0, 0.05) is 18.8 Å². The first kappa shape index (κ1) is 19.6. The van der Waals surface area contributed by atoms with Crippen LogP contribution >= 0.6 is 0 Å². The van der Waals surface area contributed by atoms with Crippen molar-refractivity contribution in [3.63, 3.8) is 0 Å². The Morgan fingerprint density at radius 1 is 1.31 bits per heavy atom. The number of hydrogen-bond donors (Lipinski definition) is 1. The second kappa shape index (κ2) is 8.11. The smallest absolute Gasteiger partial charge is 0.420 e. The zero-order valence-corrected chi connectivity index (χ0v) is 14.7. The molecule has 1 heterocycles. The van der Waals surface area contributed by atoms with E-state index in [2.05, 4.69) is 10.5 Å². The van der Waals surface area contributed by atoms with Gasteiger partial charge in [0.2, 0.25) is 0 Å². The maximum atomic E-state index is 13.1. The normalized spacial score (nSPS) is 11.3. The lowest BCUT2D eigenvalue weighted by atomic mass is 10.1. The van der Waals surface area contributed by atoms with Gasteiger partial charge in [0.25, 0.3) is 0 Å². The molecule has 2 aromatic rings. The molecule has 1 aromatic carbocycles. The average molecular weight is 371 g/mol. The summed E-state index contributed by atoms with van der Waals surface area (Å²) in [5.41, 5.74) is -0.165. The van der Waals surface area contributed by atoms with E-state index in [9.17, 15) is 18.0 Å². The van der Waals surface area contributed by atoms with Gasteiger partial charge in [-0.2, -0.15) is 13.2 Å². The summed E-state index contributed by atoms with van der Waals surface area (Å²) in [5, 5.41) is 6.26. The Bertz CT molecular complexity index is 759. The van der Waals surface area contributed by atoms with E-state index in [0.29, 0.717) is 12.2 Å². The third kappa shape index (κ3) is 4.90. The van der Waals surface area contributed by atoms with Crippen LogP contribution in [0.3, 0.4) is 0 Å². The Kier molecular flexibility index (Phi) is 6.12. The highest BCUT2D eigenvalue weighted by Gasteiger charge is 2.34. The van der Waals surface area contributed by atoms with Crippen LogP contribution in [0.1, 0.15) is 30.9 Å². The maximum absolute atomic E-state index is 13.1. The number of hydrogen-bond acceptors (Lipinski definition) is 4. The molecule has 0 aliphatic rings. The number of alkyl halides is 3. The molecule has 0 aliphatic heterocycles. The summed E-state index contributed by atoms with van der Waals surface area (Å²) in [5.74, 6) is 0.210. The van der Waals surface area contributed by atoms with Gasteiger partial charge in [-0.15, -0.1) is 0 Å². The minimum atomic E-state index is -4.59. The number of carbonyl (C=O) groups is 1. The highest BCUT2D eigenvalue weighted by atomic mass is 19.4. The lowest BCUT2D eigenvalue weighted by Crippen LogP contribution is -2.30. The summed E-state index contributed by atoms with van der Waals surface area (Å²) in [7, 11) is 1.50. The summed E-state index contributed by atoms with van der Waals surface area (Å²) in [4.78, 5) is 13.5. The van der Waals surface area contributed by atoms with Gasteiger partial charge in [0.1, 0.15) is 5.75 Å². The van der Waals surface area contributed by atoms with E-state index in [0.717, 1.165) is 11.8 Å². The lowest BCUT2D eigenvalue weighted by Gasteiger charge is -2.18. The molecular weight excluding hydrogens is 351 g/mol. The van der Waals surface area contributed by atoms with Gasteiger partial charge < -0.3 is 19.5 Å². The third-order valence-electron chi connectivity index (χ3n) is 3.55. The minimum absolute atomic E-state index is 0.0180. The molecule has 0 spiro atoms. The summed E-state index contributed by atoms with van der Waals surface area (Å²) in [6.45, 7) is 3.76. The van der Waals surface area contributed by atoms with Crippen LogP contribution in [0.25, 0.3) is 0 Å². The predicted molar refractivity (Wildman–Crippen MR) is 89.0 cm³/mol. The fraction of sp³-hybridized carbons (Fsp3) is 0.412. The highest BCUT2D eigenvalue weighted by molar-refractivity contribution is 5.89. The molecule has 0 atom stereocenters. The number of aromatic nitrogens is 1. The Morgan fingerprint density at radius 2 is 2.04 bits per heavy atom. The van der Waals surface area contributed by atoms with Crippen LogP contribution in [0.2, 0.25) is 0 Å². The standard InChI is InChI=1S/C17H20F3N3O3/c1-4-11-8-13(26-22-11)10-23(3)16(24)21-12-6-7-15(25-5-2)14(9-12)17(18,19)20/h6-9H,4-5,10H2,1-3H3,(H,21,24). The van der Waals surface area contributed by atoms with Gasteiger partial charge >= 0.3 is 12.2 Å². The van der Waals surface area contributed by atoms with Crippen molar-refractivity contribution < 1.29 is 27.2 Å². The third-order valence-corrected chi connectivity index (χ3v) is 3.55. The van der Waals surface area contributed by atoms with Crippen molar-refractivity contribution in [3.05, 3.63) is 41.3 Å². The summed E-state index contributed by atoms with van der Waals surface area (Å²) in [6.07, 6.45) is -3.89. The maximum Gasteiger partial charge on any atom is 0.420 e. The molecule has 0 fully saturated rings. The van der Waals surface area contributed by atoms with Crippen LogP contribution < -0.4 is 10.1 Å². The molecule has 0 radical (unpaired) electrons. The number of rotatable bonds is 6. The molecule has 26 heavy (non-hydrogen) atoms. The molecule has 2 amide bonds. The van der Waals surface area contributed by atoms with Gasteiger partial charge in [-0.3, -0.25) is 0 Å². The zero-order chi connectivity index (χ0) is 19.3. The van der Waals surface area contributed by atoms with Crippen molar-refractivity contribution in [1.29, 1.82) is 0 Å². The number of anilines is 1. The quantitative estimate of drug-likeness (QED) is 0.821. The molecule has 142 valence electrons. The number of halogens is 3. The van der Waals surface area contributed by atoms with Crippen LogP contribution in [0, 0.1) is 0 Å². The second-order valence-electron chi connectivity index (χ2n) is 5.57. The second-order valence-corrected chi connectivity index (χ2v) is 5.57. The summed E-state index contributed by atoms with van der Waals surface area (Å²) >= 11 is 0. The molecule has 9 heteroatoms. The molecule has 2 rings (SSSR count). The SMILES string of the molecule is CCOc1ccc(NC(=O)N(C)Cc2cc(CC)no2)cc1C(F)(F)F. The zero-order valence-electron chi connectivity index (χ0n) is 14.7. The van der Waals surface area contributed by atoms with Crippen molar-refractivity contribution in [3.8, 4) is 5.75 Å². The van der Waals surface area contributed by atoms with Crippen LogP contribution in [-0.2, 0) is 19.1 Å². The summed E-state index contributed by atoms with van der Waals surface area (Å²) in [6, 6.07) is 4.54. The van der Waals surface area contributed by atoms with E-state index in [1.165, 1.54) is 24.1 Å². The largest absolute Gasteiger partial charge is 0.493 e. The van der Waals surface area contributed by atoms with Crippen molar-refractivity contribution in [2.45, 2.75) is 33.0 Å². The van der Waals surface area contributed by atoms with Gasteiger partial charge in [-0.25, -0.2) is 4.79 Å². The van der Waals surface area contributed by atoms with E-state index in [-0.39, 0.29) is 24.6 Å². The average Bonchev–Trinajstić information content (AvgIpc) is 3.03. The Morgan fingerprint density at radius 3 is 2.62 bits per heavy atom. The van der Waals surface area contributed by atoms with Crippen LogP contribution in [0.15, 0.2) is 28.8 Å². The van der Waals surface area contributed by atoms with E-state index in [1.54, 1.807) is 13.0 Å². The van der Waals surface area contributed by atoms with Gasteiger partial charge in [-0.1, -0.05) is 12.1 Å². The van der Waals surface area contributed by atoms with E-state index >= 15 is 0 Å². The van der Waals surface area contributed by atoms with Crippen molar-refractivity contribution in [2.24, 2.45) is 0 Å². The number of aryl methyl sites for hydroxylation is 1. The molecule has 0 saturated carbocycles. The van der Waals surface area contributed by atoms with Crippen molar-refractivity contribution >= 4 is 11.7 Å². The number of amides is 2. The fourth-order valence-corrected chi connectivity index (χ4v) is 2.23. The van der Waals surface area contributed by atoms with Crippen LogP contribution in [0.5, 0.6) is 5.75 Å². The van der Waals surface area contributed by atoms with Gasteiger partial charge in [0.05, 0.1) is 24.4 Å². The minimum Gasteiger partial charge on any atom is -0.493 e. The number of nitrogens with one attached hydrogen (secondary N) is 1. The Balaban J connectivity index is 2.10. The topological polar surface area (TPSA) is 67.6 Å². The van der Waals surface area contributed by atoms with Crippen molar-refractivity contribution in [1.82, 2.24) is 10.1 Å². The molecule has 0 saturated heterocycles. The number of ether oxygens (including phenoxy) is 1. The Labute approximate surface area is 148 Å². The molecule has 0 unspecified atom stereocenters. The molecule has 6 nitrogen and oxygen atoms in total. The fourth-order valence-electron chi connectivity index (χ4n) is 2.23. The van der Waals surface area contributed by atoms with E-state index in [1.807, 2.05) is 6.92 Å². The molecular formula is C17H20F3N3O3. The molecule has 1 N–H and O–H groups in total. The highest BCUT2D eigenvalue weighted by Crippen LogP contribution is 2.38. The first-order chi connectivity index (χ1) is 12.2. The first-order valence-electron chi connectivity index (χ1n) is 8.05.